The van der Waals surface area contributed by atoms with E-state index in [9.17, 15) is 4.79 Å². The maximum absolute atomic E-state index is 12.0. The molecule has 0 atom stereocenters. The Labute approximate surface area is 168 Å². The number of ether oxygens (including phenoxy) is 1. The number of nitrogens with zero attached hydrogens (tertiary/aromatic N) is 1. The Hall–Kier alpha value is 0.130. The number of amides is 1. The number of aromatic nitrogens is 1. The van der Waals surface area contributed by atoms with Crippen molar-refractivity contribution in [2.45, 2.75) is 14.7 Å². The van der Waals surface area contributed by atoms with Crippen LogP contribution < -0.4 is 10.1 Å². The zero-order valence-electron chi connectivity index (χ0n) is 11.3. The molecule has 0 aliphatic rings. The number of benzene rings is 1. The van der Waals surface area contributed by atoms with Gasteiger partial charge in [-0.15, -0.1) is 0 Å². The molecule has 4 nitrogen and oxygen atoms in total. The molecule has 1 aromatic carbocycles. The van der Waals surface area contributed by atoms with Gasteiger partial charge in [-0.2, -0.15) is 0 Å². The smallest absolute Gasteiger partial charge is 0.262 e. The number of hydrogen-bond donors (Lipinski definition) is 1. The molecule has 10 heteroatoms. The molecule has 1 aromatic heterocycles. The molecule has 0 bridgehead atoms. The second kappa shape index (κ2) is 10.2. The average Bonchev–Trinajstić information content (AvgIpc) is 2.59. The number of halogens is 3. The second-order valence-electron chi connectivity index (χ2n) is 4.06. The maximum Gasteiger partial charge on any atom is 0.262 e. The first-order valence-corrected chi connectivity index (χ1v) is 14.0. The zero-order valence-corrected chi connectivity index (χ0v) is 18.5. The summed E-state index contributed by atoms with van der Waals surface area (Å²) < 4.78 is 5.72. The van der Waals surface area contributed by atoms with Gasteiger partial charge >= 0.3 is 0 Å². The third kappa shape index (κ3) is 5.86. The number of nitrogens with one attached hydrogen (secondary N) is 1. The highest BCUT2D eigenvalue weighted by atomic mass is 79.9. The zero-order chi connectivity index (χ0) is 16.7. The average molecular weight is 561 g/mol. The van der Waals surface area contributed by atoms with E-state index in [1.165, 1.54) is 30.6 Å². The van der Waals surface area contributed by atoms with Gasteiger partial charge in [-0.05, 0) is 99.3 Å². The normalized spacial score (nSPS) is 10.4. The summed E-state index contributed by atoms with van der Waals surface area (Å²) >= 11 is 10.1. The van der Waals surface area contributed by atoms with E-state index in [1.807, 2.05) is 12.1 Å². The van der Waals surface area contributed by atoms with Gasteiger partial charge in [0, 0.05) is 11.1 Å². The lowest BCUT2D eigenvalue weighted by Gasteiger charge is -2.14. The molecule has 2 rings (SSSR count). The van der Waals surface area contributed by atoms with Crippen LogP contribution in [0.1, 0.15) is 0 Å². The Bertz CT molecular complexity index is 652. The minimum Gasteiger partial charge on any atom is -0.481 e. The number of hydrogen-bond acceptors (Lipinski definition) is 6. The largest absolute Gasteiger partial charge is 0.481 e. The Morgan fingerprint density at radius 2 is 1.87 bits per heavy atom. The highest BCUT2D eigenvalue weighted by Gasteiger charge is 2.15. The van der Waals surface area contributed by atoms with Gasteiger partial charge in [0.2, 0.25) is 0 Å². The number of rotatable bonds is 7. The predicted octanol–water partition coefficient (Wildman–Crippen LogP) is 6.31. The van der Waals surface area contributed by atoms with Crippen molar-refractivity contribution in [2.75, 3.05) is 11.9 Å². The molecule has 0 aliphatic carbocycles. The number of pyridine rings is 1. The van der Waals surface area contributed by atoms with Crippen molar-refractivity contribution in [1.82, 2.24) is 4.98 Å². The lowest BCUT2D eigenvalue weighted by molar-refractivity contribution is -0.118. The third-order valence-corrected chi connectivity index (χ3v) is 7.11. The molecule has 0 aliphatic heterocycles. The molecule has 23 heavy (non-hydrogen) atoms. The van der Waals surface area contributed by atoms with Crippen LogP contribution >= 0.6 is 75.0 Å². The van der Waals surface area contributed by atoms with Crippen molar-refractivity contribution in [3.8, 4) is 5.75 Å². The summed E-state index contributed by atoms with van der Waals surface area (Å²) in [5, 5.41) is 2.73. The van der Waals surface area contributed by atoms with E-state index in [2.05, 4.69) is 54.7 Å². The number of anilines is 1. The molecule has 1 heterocycles. The summed E-state index contributed by atoms with van der Waals surface area (Å²) in [6, 6.07) is 7.47. The topological polar surface area (TPSA) is 51.2 Å². The van der Waals surface area contributed by atoms with Crippen LogP contribution in [0.5, 0.6) is 5.75 Å². The molecule has 0 saturated carbocycles. The Morgan fingerprint density at radius 3 is 2.39 bits per heavy atom. The summed E-state index contributed by atoms with van der Waals surface area (Å²) in [6.07, 6.45) is 3.23. The lowest BCUT2D eigenvalue weighted by atomic mass is 10.3. The standard InChI is InChI=1S/C13H9Br3N2O2S3/c14-21-9-4-10(22-15)13(11(5-9)23-16)20-7-12(19)18-8-2-1-3-17-6-8/h1-6H,7H2,(H,18,19). The van der Waals surface area contributed by atoms with Crippen molar-refractivity contribution in [2.24, 2.45) is 0 Å². The molecule has 122 valence electrons. The van der Waals surface area contributed by atoms with Crippen LogP contribution in [0.15, 0.2) is 51.3 Å². The Kier molecular flexibility index (Phi) is 8.62. The fourth-order valence-corrected chi connectivity index (χ4v) is 4.99. The summed E-state index contributed by atoms with van der Waals surface area (Å²) in [5.41, 5.74) is 0.636. The predicted molar refractivity (Wildman–Crippen MR) is 109 cm³/mol. The van der Waals surface area contributed by atoms with Gasteiger partial charge in [-0.1, -0.05) is 0 Å². The van der Waals surface area contributed by atoms with Crippen molar-refractivity contribution in [3.63, 3.8) is 0 Å². The first kappa shape index (κ1) is 19.5. The van der Waals surface area contributed by atoms with Crippen LogP contribution in [0, 0.1) is 0 Å². The molecule has 0 unspecified atom stereocenters. The van der Waals surface area contributed by atoms with Crippen LogP contribution in [0.2, 0.25) is 0 Å². The van der Waals surface area contributed by atoms with Crippen molar-refractivity contribution in [1.29, 1.82) is 0 Å². The highest BCUT2D eigenvalue weighted by molar-refractivity contribution is 9.50. The SMILES string of the molecule is O=C(COc1c(SBr)cc(SBr)cc1SBr)Nc1cccnc1. The van der Waals surface area contributed by atoms with E-state index in [-0.39, 0.29) is 12.5 Å². The Balaban J connectivity index is 2.08. The molecule has 0 radical (unpaired) electrons. The van der Waals surface area contributed by atoms with Crippen molar-refractivity contribution >= 4 is 86.6 Å². The number of carbonyl (C=O) groups excluding carboxylic acids is 1. The van der Waals surface area contributed by atoms with Gasteiger partial charge in [0.1, 0.15) is 5.75 Å². The van der Waals surface area contributed by atoms with Crippen molar-refractivity contribution in [3.05, 3.63) is 36.7 Å². The highest BCUT2D eigenvalue weighted by Crippen LogP contribution is 2.45. The van der Waals surface area contributed by atoms with Crippen LogP contribution in [-0.2, 0) is 4.79 Å². The summed E-state index contributed by atoms with van der Waals surface area (Å²) in [7, 11) is 4.24. The van der Waals surface area contributed by atoms with E-state index in [0.29, 0.717) is 11.4 Å². The lowest BCUT2D eigenvalue weighted by Crippen LogP contribution is -2.20. The molecule has 0 spiro atoms. The van der Waals surface area contributed by atoms with Gasteiger partial charge in [0.25, 0.3) is 5.91 Å². The molecular weight excluding hydrogens is 552 g/mol. The molecule has 0 saturated heterocycles. The van der Waals surface area contributed by atoms with E-state index >= 15 is 0 Å². The van der Waals surface area contributed by atoms with Crippen LogP contribution in [0.4, 0.5) is 5.69 Å². The minimum absolute atomic E-state index is 0.0865. The quantitative estimate of drug-likeness (QED) is 0.428. The van der Waals surface area contributed by atoms with Crippen LogP contribution in [-0.4, -0.2) is 17.5 Å². The van der Waals surface area contributed by atoms with Gasteiger partial charge in [-0.3, -0.25) is 9.78 Å². The fraction of sp³-hybridized carbons (Fsp3) is 0.0769. The van der Waals surface area contributed by atoms with Crippen LogP contribution in [0.25, 0.3) is 0 Å². The van der Waals surface area contributed by atoms with Gasteiger partial charge in [0.05, 0.1) is 21.7 Å². The second-order valence-corrected chi connectivity index (χ2v) is 8.79. The first-order valence-electron chi connectivity index (χ1n) is 6.04. The van der Waals surface area contributed by atoms with E-state index in [0.717, 1.165) is 14.7 Å². The number of carbonyl (C=O) groups is 1. The van der Waals surface area contributed by atoms with E-state index in [1.54, 1.807) is 24.5 Å². The van der Waals surface area contributed by atoms with Gasteiger partial charge in [0.15, 0.2) is 6.61 Å². The molecule has 2 aromatic rings. The third-order valence-electron chi connectivity index (χ3n) is 2.54. The minimum atomic E-state index is -0.243. The van der Waals surface area contributed by atoms with Gasteiger partial charge < -0.3 is 10.1 Å². The molecular formula is C13H9Br3N2O2S3. The molecule has 0 fully saturated rings. The molecule has 1 N–H and O–H groups in total. The van der Waals surface area contributed by atoms with Crippen LogP contribution in [0.3, 0.4) is 0 Å². The molecule has 1 amide bonds. The summed E-state index contributed by atoms with van der Waals surface area (Å²) in [4.78, 5) is 18.8. The summed E-state index contributed by atoms with van der Waals surface area (Å²) in [6.45, 7) is -0.0865. The maximum atomic E-state index is 12.0. The van der Waals surface area contributed by atoms with Gasteiger partial charge in [-0.25, -0.2) is 0 Å². The van der Waals surface area contributed by atoms with Crippen molar-refractivity contribution < 1.29 is 9.53 Å². The summed E-state index contributed by atoms with van der Waals surface area (Å²) in [5.74, 6) is 0.411. The van der Waals surface area contributed by atoms with E-state index < -0.39 is 0 Å². The fourth-order valence-electron chi connectivity index (χ4n) is 1.63. The first-order chi connectivity index (χ1) is 11.2. The Morgan fingerprint density at radius 1 is 1.17 bits per heavy atom. The van der Waals surface area contributed by atoms with E-state index in [4.69, 9.17) is 4.74 Å². The monoisotopic (exact) mass is 558 g/mol.